The molecule has 0 aliphatic heterocycles. The number of rotatable bonds is 8. The van der Waals surface area contributed by atoms with Crippen molar-refractivity contribution in [1.29, 1.82) is 0 Å². The summed E-state index contributed by atoms with van der Waals surface area (Å²) in [5.74, 6) is 0.402. The third-order valence-corrected chi connectivity index (χ3v) is 4.85. The summed E-state index contributed by atoms with van der Waals surface area (Å²) in [5, 5.41) is 19.9. The summed E-state index contributed by atoms with van der Waals surface area (Å²) in [6.45, 7) is 9.84. The van der Waals surface area contributed by atoms with E-state index in [-0.39, 0.29) is 20.0 Å². The number of nitrogens with zero attached hydrogens (tertiary/aromatic N) is 1. The quantitative estimate of drug-likeness (QED) is 0.686. The van der Waals surface area contributed by atoms with Crippen LogP contribution in [0, 0.1) is 0 Å². The van der Waals surface area contributed by atoms with E-state index in [4.69, 9.17) is 0 Å². The molecule has 2 N–H and O–H groups in total. The van der Waals surface area contributed by atoms with Gasteiger partial charge in [-0.05, 0) is 63.9 Å². The van der Waals surface area contributed by atoms with Gasteiger partial charge in [-0.15, -0.1) is 0 Å². The zero-order valence-corrected chi connectivity index (χ0v) is 15.8. The van der Waals surface area contributed by atoms with Crippen molar-refractivity contribution in [3.05, 3.63) is 65.2 Å². The van der Waals surface area contributed by atoms with Crippen LogP contribution >= 0.6 is 0 Å². The van der Waals surface area contributed by atoms with Gasteiger partial charge in [0.15, 0.2) is 0 Å². The zero-order valence-electron chi connectivity index (χ0n) is 15.8. The standard InChI is InChI=1S/C22H31NO2.CH4/c1-16(2)23(17(3)4)13-12-20(19-8-6-5-7-9-19)21-14-18(15-24)10-11-22(21)25;/h5-11,14,16-17,20,24-25H,12-13,15H2,1-4H3;1H4/t20-;/m0./s1. The van der Waals surface area contributed by atoms with E-state index in [1.165, 1.54) is 5.56 Å². The highest BCUT2D eigenvalue weighted by Crippen LogP contribution is 2.35. The topological polar surface area (TPSA) is 43.7 Å². The number of phenols is 1. The first-order valence-corrected chi connectivity index (χ1v) is 9.17. The van der Waals surface area contributed by atoms with Gasteiger partial charge in [0.2, 0.25) is 0 Å². The molecule has 0 spiro atoms. The minimum Gasteiger partial charge on any atom is -0.508 e. The molecular weight excluding hydrogens is 322 g/mol. The molecule has 3 nitrogen and oxygen atoms in total. The lowest BCUT2D eigenvalue weighted by molar-refractivity contribution is 0.170. The number of hydrogen-bond acceptors (Lipinski definition) is 3. The normalized spacial score (nSPS) is 12.5. The molecule has 0 amide bonds. The van der Waals surface area contributed by atoms with Gasteiger partial charge >= 0.3 is 0 Å². The number of aliphatic hydroxyl groups is 1. The molecule has 0 fully saturated rings. The van der Waals surface area contributed by atoms with Crippen LogP contribution < -0.4 is 0 Å². The number of benzene rings is 2. The van der Waals surface area contributed by atoms with Crippen LogP contribution in [-0.4, -0.2) is 33.7 Å². The Morgan fingerprint density at radius 2 is 1.54 bits per heavy atom. The predicted molar refractivity (Wildman–Crippen MR) is 111 cm³/mol. The third kappa shape index (κ3) is 5.58. The van der Waals surface area contributed by atoms with E-state index in [1.807, 2.05) is 24.3 Å². The van der Waals surface area contributed by atoms with Crippen LogP contribution in [-0.2, 0) is 6.61 Å². The summed E-state index contributed by atoms with van der Waals surface area (Å²) in [7, 11) is 0. The fourth-order valence-corrected chi connectivity index (χ4v) is 3.56. The highest BCUT2D eigenvalue weighted by atomic mass is 16.3. The number of phenolic OH excluding ortho intramolecular Hbond substituents is 1. The Morgan fingerprint density at radius 3 is 2.08 bits per heavy atom. The van der Waals surface area contributed by atoms with E-state index in [0.717, 1.165) is 24.1 Å². The molecule has 2 rings (SSSR count). The van der Waals surface area contributed by atoms with Crippen molar-refractivity contribution in [3.8, 4) is 5.75 Å². The molecule has 0 aliphatic carbocycles. The van der Waals surface area contributed by atoms with Crippen LogP contribution in [0.3, 0.4) is 0 Å². The molecule has 2 aromatic carbocycles. The van der Waals surface area contributed by atoms with Gasteiger partial charge in [-0.2, -0.15) is 0 Å². The van der Waals surface area contributed by atoms with Crippen LogP contribution in [0.2, 0.25) is 0 Å². The monoisotopic (exact) mass is 357 g/mol. The first kappa shape index (κ1) is 22.2. The summed E-state index contributed by atoms with van der Waals surface area (Å²) in [6, 6.07) is 16.7. The summed E-state index contributed by atoms with van der Waals surface area (Å²) in [4.78, 5) is 2.48. The molecule has 0 saturated heterocycles. The van der Waals surface area contributed by atoms with Gasteiger partial charge in [0.25, 0.3) is 0 Å². The molecule has 0 aliphatic rings. The Hall–Kier alpha value is -1.84. The fourth-order valence-electron chi connectivity index (χ4n) is 3.56. The second-order valence-corrected chi connectivity index (χ2v) is 7.23. The van der Waals surface area contributed by atoms with E-state index in [2.05, 4.69) is 44.7 Å². The maximum absolute atomic E-state index is 10.5. The average molecular weight is 358 g/mol. The van der Waals surface area contributed by atoms with Crippen LogP contribution in [0.1, 0.15) is 64.2 Å². The van der Waals surface area contributed by atoms with Gasteiger partial charge in [0.1, 0.15) is 5.75 Å². The minimum atomic E-state index is -0.0150. The van der Waals surface area contributed by atoms with Gasteiger partial charge in [-0.3, -0.25) is 4.90 Å². The Morgan fingerprint density at radius 1 is 0.923 bits per heavy atom. The highest BCUT2D eigenvalue weighted by Gasteiger charge is 2.21. The van der Waals surface area contributed by atoms with Crippen LogP contribution in [0.15, 0.2) is 48.5 Å². The lowest BCUT2D eigenvalue weighted by atomic mass is 9.86. The van der Waals surface area contributed by atoms with Crippen molar-refractivity contribution in [2.45, 2.75) is 66.2 Å². The number of aliphatic hydroxyl groups excluding tert-OH is 1. The van der Waals surface area contributed by atoms with E-state index < -0.39 is 0 Å². The first-order chi connectivity index (χ1) is 11.9. The van der Waals surface area contributed by atoms with Crippen molar-refractivity contribution < 1.29 is 10.2 Å². The van der Waals surface area contributed by atoms with Gasteiger partial charge in [0, 0.05) is 23.6 Å². The van der Waals surface area contributed by atoms with Crippen LogP contribution in [0.25, 0.3) is 0 Å². The molecule has 0 saturated carbocycles. The molecule has 144 valence electrons. The minimum absolute atomic E-state index is 0. The number of hydrogen-bond donors (Lipinski definition) is 2. The Kier molecular flexibility index (Phi) is 8.83. The van der Waals surface area contributed by atoms with Gasteiger partial charge in [-0.1, -0.05) is 43.8 Å². The van der Waals surface area contributed by atoms with E-state index >= 15 is 0 Å². The second-order valence-electron chi connectivity index (χ2n) is 7.23. The fraction of sp³-hybridized carbons (Fsp3) is 0.478. The Labute approximate surface area is 159 Å². The molecule has 0 bridgehead atoms. The van der Waals surface area contributed by atoms with E-state index in [0.29, 0.717) is 17.8 Å². The Balaban J connectivity index is 0.00000338. The smallest absolute Gasteiger partial charge is 0.119 e. The molecule has 0 radical (unpaired) electrons. The lowest BCUT2D eigenvalue weighted by Crippen LogP contribution is -2.38. The summed E-state index contributed by atoms with van der Waals surface area (Å²) < 4.78 is 0. The average Bonchev–Trinajstić information content (AvgIpc) is 2.59. The zero-order chi connectivity index (χ0) is 18.4. The van der Waals surface area contributed by atoms with Gasteiger partial charge in [-0.25, -0.2) is 0 Å². The largest absolute Gasteiger partial charge is 0.508 e. The molecule has 0 unspecified atom stereocenters. The highest BCUT2D eigenvalue weighted by molar-refractivity contribution is 5.43. The predicted octanol–water partition coefficient (Wildman–Crippen LogP) is 5.16. The molecule has 2 aromatic rings. The molecule has 0 aromatic heterocycles. The summed E-state index contributed by atoms with van der Waals surface area (Å²) >= 11 is 0. The molecule has 26 heavy (non-hydrogen) atoms. The SMILES string of the molecule is C.CC(C)N(CC[C@@H](c1ccccc1)c1cc(CO)ccc1O)C(C)C. The third-order valence-electron chi connectivity index (χ3n) is 4.85. The van der Waals surface area contributed by atoms with Crippen molar-refractivity contribution in [1.82, 2.24) is 4.90 Å². The van der Waals surface area contributed by atoms with Crippen molar-refractivity contribution in [3.63, 3.8) is 0 Å². The summed E-state index contributed by atoms with van der Waals surface area (Å²) in [5.41, 5.74) is 2.92. The van der Waals surface area contributed by atoms with Crippen LogP contribution in [0.5, 0.6) is 5.75 Å². The van der Waals surface area contributed by atoms with E-state index in [9.17, 15) is 10.2 Å². The lowest BCUT2D eigenvalue weighted by Gasteiger charge is -2.32. The van der Waals surface area contributed by atoms with Crippen molar-refractivity contribution >= 4 is 0 Å². The van der Waals surface area contributed by atoms with Crippen molar-refractivity contribution in [2.24, 2.45) is 0 Å². The molecule has 1 atom stereocenters. The maximum atomic E-state index is 10.5. The van der Waals surface area contributed by atoms with E-state index in [1.54, 1.807) is 12.1 Å². The maximum Gasteiger partial charge on any atom is 0.119 e. The second kappa shape index (κ2) is 10.3. The number of aromatic hydroxyl groups is 1. The van der Waals surface area contributed by atoms with Crippen LogP contribution in [0.4, 0.5) is 0 Å². The van der Waals surface area contributed by atoms with Gasteiger partial charge < -0.3 is 10.2 Å². The molecular formula is C23H35NO2. The Bertz CT molecular complexity index is 645. The molecule has 3 heteroatoms. The van der Waals surface area contributed by atoms with Gasteiger partial charge in [0.05, 0.1) is 6.61 Å². The van der Waals surface area contributed by atoms with Crippen molar-refractivity contribution in [2.75, 3.05) is 6.54 Å². The first-order valence-electron chi connectivity index (χ1n) is 9.17. The molecule has 0 heterocycles. The summed E-state index contributed by atoms with van der Waals surface area (Å²) in [6.07, 6.45) is 0.919.